The van der Waals surface area contributed by atoms with Gasteiger partial charge in [-0.3, -0.25) is 4.79 Å². The molecule has 0 saturated carbocycles. The second-order valence-electron chi connectivity index (χ2n) is 7.43. The first-order chi connectivity index (χ1) is 14.9. The maximum atomic E-state index is 13.4. The number of sulfonamides is 1. The van der Waals surface area contributed by atoms with Crippen LogP contribution in [0.5, 0.6) is 5.75 Å². The fourth-order valence-electron chi connectivity index (χ4n) is 3.68. The van der Waals surface area contributed by atoms with Crippen LogP contribution in [0.25, 0.3) is 0 Å². The van der Waals surface area contributed by atoms with Gasteiger partial charge in [0.25, 0.3) is 5.91 Å². The minimum atomic E-state index is -3.64. The van der Waals surface area contributed by atoms with E-state index in [1.807, 2.05) is 6.92 Å². The van der Waals surface area contributed by atoms with Crippen molar-refractivity contribution >= 4 is 21.6 Å². The molecular weight excluding hydrogens is 416 g/mol. The predicted molar refractivity (Wildman–Crippen MR) is 118 cm³/mol. The number of piperidine rings is 1. The van der Waals surface area contributed by atoms with Gasteiger partial charge in [-0.05, 0) is 50.1 Å². The molecule has 1 saturated heterocycles. The van der Waals surface area contributed by atoms with Crippen LogP contribution in [-0.2, 0) is 17.1 Å². The van der Waals surface area contributed by atoms with Crippen molar-refractivity contribution in [2.24, 2.45) is 7.05 Å². The Morgan fingerprint density at radius 1 is 1.19 bits per heavy atom. The monoisotopic (exact) mass is 444 g/mol. The van der Waals surface area contributed by atoms with Crippen molar-refractivity contribution in [3.63, 3.8) is 0 Å². The summed E-state index contributed by atoms with van der Waals surface area (Å²) < 4.78 is 34.5. The van der Waals surface area contributed by atoms with Crippen molar-refractivity contribution in [3.8, 4) is 11.8 Å². The van der Waals surface area contributed by atoms with Gasteiger partial charge in [-0.15, -0.1) is 0 Å². The molecule has 3 rings (SSSR count). The number of nitrogens with zero attached hydrogens (tertiary/aromatic N) is 4. The van der Waals surface area contributed by atoms with E-state index in [1.165, 1.54) is 26.0 Å². The molecule has 1 aromatic carbocycles. The number of nitriles is 1. The molecule has 0 spiro atoms. The Bertz CT molecular complexity index is 1050. The van der Waals surface area contributed by atoms with Crippen molar-refractivity contribution in [1.82, 2.24) is 8.87 Å². The average Bonchev–Trinajstić information content (AvgIpc) is 3.18. The summed E-state index contributed by atoms with van der Waals surface area (Å²) in [7, 11) is -1.99. The number of hydrogen-bond donors (Lipinski definition) is 0. The molecule has 0 N–H and O–H groups in total. The normalized spacial score (nSPS) is 14.7. The molecule has 1 amide bonds. The summed E-state index contributed by atoms with van der Waals surface area (Å²) in [6, 6.07) is 10.5. The summed E-state index contributed by atoms with van der Waals surface area (Å²) in [6.45, 7) is 3.63. The molecular formula is C22H28N4O4S. The Morgan fingerprint density at radius 2 is 1.87 bits per heavy atom. The van der Waals surface area contributed by atoms with Gasteiger partial charge in [0.15, 0.2) is 0 Å². The molecule has 0 unspecified atom stereocenters. The zero-order chi connectivity index (χ0) is 22.4. The maximum absolute atomic E-state index is 13.4. The van der Waals surface area contributed by atoms with Gasteiger partial charge in [-0.2, -0.15) is 9.57 Å². The Morgan fingerprint density at radius 3 is 2.48 bits per heavy atom. The zero-order valence-electron chi connectivity index (χ0n) is 18.0. The Balaban J connectivity index is 1.90. The smallest absolute Gasteiger partial charge is 0.274 e. The van der Waals surface area contributed by atoms with Crippen molar-refractivity contribution in [2.75, 3.05) is 31.1 Å². The molecule has 8 nitrogen and oxygen atoms in total. The Hall–Kier alpha value is -2.83. The summed E-state index contributed by atoms with van der Waals surface area (Å²) in [5.41, 5.74) is 0.868. The predicted octanol–water partition coefficient (Wildman–Crippen LogP) is 3.16. The van der Waals surface area contributed by atoms with Gasteiger partial charge >= 0.3 is 0 Å². The number of anilines is 1. The van der Waals surface area contributed by atoms with E-state index in [9.17, 15) is 13.2 Å². The zero-order valence-corrected chi connectivity index (χ0v) is 18.8. The van der Waals surface area contributed by atoms with E-state index in [4.69, 9.17) is 10.00 Å². The third-order valence-electron chi connectivity index (χ3n) is 5.30. The summed E-state index contributed by atoms with van der Waals surface area (Å²) in [6.07, 6.45) is 4.36. The highest BCUT2D eigenvalue weighted by atomic mass is 32.2. The second-order valence-corrected chi connectivity index (χ2v) is 9.37. The number of carbonyl (C=O) groups is 1. The van der Waals surface area contributed by atoms with Gasteiger partial charge in [-0.1, -0.05) is 6.42 Å². The highest BCUT2D eigenvalue weighted by Crippen LogP contribution is 2.25. The van der Waals surface area contributed by atoms with Gasteiger partial charge < -0.3 is 14.2 Å². The lowest BCUT2D eigenvalue weighted by Gasteiger charge is -2.25. The molecule has 1 aromatic heterocycles. The molecule has 1 aliphatic heterocycles. The van der Waals surface area contributed by atoms with Crippen LogP contribution >= 0.6 is 0 Å². The number of benzene rings is 1. The number of carbonyl (C=O) groups excluding carboxylic acids is 1. The highest BCUT2D eigenvalue weighted by molar-refractivity contribution is 7.89. The molecule has 166 valence electrons. The molecule has 2 aromatic rings. The first kappa shape index (κ1) is 22.8. The molecule has 9 heteroatoms. The average molecular weight is 445 g/mol. The van der Waals surface area contributed by atoms with E-state index in [-0.39, 0.29) is 29.5 Å². The van der Waals surface area contributed by atoms with Crippen molar-refractivity contribution in [1.29, 1.82) is 5.26 Å². The fourth-order valence-corrected chi connectivity index (χ4v) is 5.27. The topological polar surface area (TPSA) is 95.6 Å². The van der Waals surface area contributed by atoms with E-state index in [0.717, 1.165) is 19.3 Å². The number of rotatable bonds is 8. The van der Waals surface area contributed by atoms with Crippen LogP contribution in [0.4, 0.5) is 5.69 Å². The maximum Gasteiger partial charge on any atom is 0.274 e. The minimum absolute atomic E-state index is 0.118. The number of hydrogen-bond acceptors (Lipinski definition) is 5. The van der Waals surface area contributed by atoms with Crippen LogP contribution in [0.2, 0.25) is 0 Å². The van der Waals surface area contributed by atoms with Gasteiger partial charge in [0.1, 0.15) is 16.3 Å². The van der Waals surface area contributed by atoms with Gasteiger partial charge in [-0.25, -0.2) is 8.42 Å². The van der Waals surface area contributed by atoms with Gasteiger partial charge in [0.2, 0.25) is 10.0 Å². The first-order valence-electron chi connectivity index (χ1n) is 10.5. The van der Waals surface area contributed by atoms with Gasteiger partial charge in [0.05, 0.1) is 19.1 Å². The van der Waals surface area contributed by atoms with Crippen LogP contribution in [0, 0.1) is 11.3 Å². The minimum Gasteiger partial charge on any atom is -0.494 e. The standard InChI is InChI=1S/C22H28N4O4S/c1-3-30-19-10-8-18(9-11-19)26(15-7-12-23)22(27)21-16-20(17-24(21)2)31(28,29)25-13-5-4-6-14-25/h8-11,16-17H,3-7,13-15H2,1-2H3. The van der Waals surface area contributed by atoms with E-state index >= 15 is 0 Å². The molecule has 0 radical (unpaired) electrons. The summed E-state index contributed by atoms with van der Waals surface area (Å²) in [5, 5.41) is 9.04. The quantitative estimate of drug-likeness (QED) is 0.623. The van der Waals surface area contributed by atoms with E-state index in [1.54, 1.807) is 31.3 Å². The second kappa shape index (κ2) is 9.98. The molecule has 0 bridgehead atoms. The highest BCUT2D eigenvalue weighted by Gasteiger charge is 2.29. The largest absolute Gasteiger partial charge is 0.494 e. The van der Waals surface area contributed by atoms with Crippen molar-refractivity contribution in [2.45, 2.75) is 37.5 Å². The molecule has 31 heavy (non-hydrogen) atoms. The molecule has 0 aliphatic carbocycles. The van der Waals surface area contributed by atoms with Crippen LogP contribution in [0.1, 0.15) is 43.1 Å². The number of amides is 1. The van der Waals surface area contributed by atoms with Gasteiger partial charge in [0, 0.05) is 38.6 Å². The van der Waals surface area contributed by atoms with Crippen LogP contribution in [0.15, 0.2) is 41.4 Å². The lowest BCUT2D eigenvalue weighted by atomic mass is 10.2. The Labute approximate surface area is 183 Å². The fraction of sp³-hybridized carbons (Fsp3) is 0.455. The van der Waals surface area contributed by atoms with Crippen molar-refractivity contribution < 1.29 is 17.9 Å². The Kier molecular flexibility index (Phi) is 7.36. The number of ether oxygens (including phenoxy) is 1. The third kappa shape index (κ3) is 5.09. The number of aryl methyl sites for hydroxylation is 1. The third-order valence-corrected chi connectivity index (χ3v) is 7.17. The molecule has 2 heterocycles. The number of aromatic nitrogens is 1. The van der Waals surface area contributed by atoms with Crippen LogP contribution < -0.4 is 9.64 Å². The van der Waals surface area contributed by atoms with Crippen molar-refractivity contribution in [3.05, 3.63) is 42.2 Å². The van der Waals surface area contributed by atoms with E-state index < -0.39 is 10.0 Å². The molecule has 1 aliphatic rings. The summed E-state index contributed by atoms with van der Waals surface area (Å²) in [5.74, 6) is 0.328. The lowest BCUT2D eigenvalue weighted by Crippen LogP contribution is -2.35. The summed E-state index contributed by atoms with van der Waals surface area (Å²) >= 11 is 0. The SMILES string of the molecule is CCOc1ccc(N(CCC#N)C(=O)c2cc(S(=O)(=O)N3CCCCC3)cn2C)cc1. The summed E-state index contributed by atoms with van der Waals surface area (Å²) in [4.78, 5) is 15.0. The van der Waals surface area contributed by atoms with Crippen LogP contribution in [-0.4, -0.2) is 49.4 Å². The van der Waals surface area contributed by atoms with Crippen LogP contribution in [0.3, 0.4) is 0 Å². The molecule has 0 atom stereocenters. The van der Waals surface area contributed by atoms with E-state index in [0.29, 0.717) is 31.1 Å². The first-order valence-corrected chi connectivity index (χ1v) is 11.9. The lowest BCUT2D eigenvalue weighted by molar-refractivity contribution is 0.0979. The van der Waals surface area contributed by atoms with E-state index in [2.05, 4.69) is 6.07 Å². The molecule has 1 fully saturated rings.